The average molecular weight is 202 g/mol. The standard InChI is InChI=1S/C12H14N2O/c1-8(9(2)15)11-7-13-14-12-6-4-3-5-10(11)12/h3-9,15H,1-2H3. The van der Waals surface area contributed by atoms with Gasteiger partial charge in [0.05, 0.1) is 17.8 Å². The highest BCUT2D eigenvalue weighted by atomic mass is 16.3. The third-order valence-electron chi connectivity index (χ3n) is 2.79. The number of aliphatic hydroxyl groups excluding tert-OH is 1. The fourth-order valence-corrected chi connectivity index (χ4v) is 1.65. The van der Waals surface area contributed by atoms with Crippen LogP contribution in [-0.2, 0) is 0 Å². The van der Waals surface area contributed by atoms with Crippen LogP contribution >= 0.6 is 0 Å². The minimum absolute atomic E-state index is 0.0744. The van der Waals surface area contributed by atoms with Gasteiger partial charge in [0.25, 0.3) is 0 Å². The first-order chi connectivity index (χ1) is 7.20. The Labute approximate surface area is 88.8 Å². The molecule has 0 saturated carbocycles. The summed E-state index contributed by atoms with van der Waals surface area (Å²) in [4.78, 5) is 0. The van der Waals surface area contributed by atoms with Crippen LogP contribution in [0.5, 0.6) is 0 Å². The van der Waals surface area contributed by atoms with Crippen molar-refractivity contribution in [3.05, 3.63) is 36.0 Å². The molecule has 1 heterocycles. The summed E-state index contributed by atoms with van der Waals surface area (Å²) in [5.74, 6) is 0.0744. The summed E-state index contributed by atoms with van der Waals surface area (Å²) < 4.78 is 0. The molecule has 0 fully saturated rings. The van der Waals surface area contributed by atoms with Gasteiger partial charge in [-0.15, -0.1) is 0 Å². The first kappa shape index (κ1) is 10.1. The Bertz CT molecular complexity index is 463. The van der Waals surface area contributed by atoms with Crippen molar-refractivity contribution in [2.45, 2.75) is 25.9 Å². The maximum atomic E-state index is 9.59. The predicted molar refractivity (Wildman–Crippen MR) is 59.6 cm³/mol. The number of rotatable bonds is 2. The summed E-state index contributed by atoms with van der Waals surface area (Å²) in [6.45, 7) is 3.79. The number of aromatic nitrogens is 2. The molecular formula is C12H14N2O. The Morgan fingerprint density at radius 3 is 2.67 bits per heavy atom. The fourth-order valence-electron chi connectivity index (χ4n) is 1.65. The van der Waals surface area contributed by atoms with E-state index in [1.54, 1.807) is 13.1 Å². The van der Waals surface area contributed by atoms with Crippen molar-refractivity contribution in [2.75, 3.05) is 0 Å². The summed E-state index contributed by atoms with van der Waals surface area (Å²) >= 11 is 0. The molecule has 15 heavy (non-hydrogen) atoms. The van der Waals surface area contributed by atoms with E-state index in [0.29, 0.717) is 0 Å². The maximum Gasteiger partial charge on any atom is 0.0932 e. The fraction of sp³-hybridized carbons (Fsp3) is 0.333. The monoisotopic (exact) mass is 202 g/mol. The van der Waals surface area contributed by atoms with Crippen LogP contribution in [0.3, 0.4) is 0 Å². The van der Waals surface area contributed by atoms with Gasteiger partial charge in [0, 0.05) is 11.3 Å². The Kier molecular flexibility index (Phi) is 2.64. The molecule has 0 spiro atoms. The molecule has 1 N–H and O–H groups in total. The number of benzene rings is 1. The van der Waals surface area contributed by atoms with Gasteiger partial charge in [-0.25, -0.2) is 0 Å². The van der Waals surface area contributed by atoms with Crippen molar-refractivity contribution in [3.63, 3.8) is 0 Å². The van der Waals surface area contributed by atoms with E-state index >= 15 is 0 Å². The lowest BCUT2D eigenvalue weighted by atomic mass is 9.95. The van der Waals surface area contributed by atoms with Crippen LogP contribution in [0.1, 0.15) is 25.3 Å². The zero-order valence-corrected chi connectivity index (χ0v) is 8.88. The first-order valence-electron chi connectivity index (χ1n) is 5.08. The van der Waals surface area contributed by atoms with Crippen LogP contribution in [0, 0.1) is 0 Å². The number of hydrogen-bond acceptors (Lipinski definition) is 3. The molecule has 0 bridgehead atoms. The third kappa shape index (κ3) is 1.83. The van der Waals surface area contributed by atoms with E-state index in [2.05, 4.69) is 10.2 Å². The normalized spacial score (nSPS) is 15.1. The topological polar surface area (TPSA) is 46.0 Å². The van der Waals surface area contributed by atoms with Gasteiger partial charge in [-0.1, -0.05) is 25.1 Å². The molecule has 0 saturated heterocycles. The van der Waals surface area contributed by atoms with Crippen LogP contribution in [0.25, 0.3) is 10.9 Å². The summed E-state index contributed by atoms with van der Waals surface area (Å²) in [6, 6.07) is 7.86. The van der Waals surface area contributed by atoms with Crippen molar-refractivity contribution in [1.82, 2.24) is 10.2 Å². The van der Waals surface area contributed by atoms with Crippen LogP contribution in [0.2, 0.25) is 0 Å². The SMILES string of the molecule is CC(O)C(C)c1cnnc2ccccc12. The van der Waals surface area contributed by atoms with Crippen LogP contribution in [0.15, 0.2) is 30.5 Å². The molecule has 2 unspecified atom stereocenters. The van der Waals surface area contributed by atoms with Crippen LogP contribution in [-0.4, -0.2) is 21.4 Å². The van der Waals surface area contributed by atoms with Crippen molar-refractivity contribution in [3.8, 4) is 0 Å². The van der Waals surface area contributed by atoms with E-state index in [4.69, 9.17) is 0 Å². The van der Waals surface area contributed by atoms with Gasteiger partial charge in [0.15, 0.2) is 0 Å². The smallest absolute Gasteiger partial charge is 0.0932 e. The van der Waals surface area contributed by atoms with Gasteiger partial charge in [0.2, 0.25) is 0 Å². The highest BCUT2D eigenvalue weighted by molar-refractivity contribution is 5.81. The lowest BCUT2D eigenvalue weighted by Crippen LogP contribution is -2.12. The summed E-state index contributed by atoms with van der Waals surface area (Å²) in [5.41, 5.74) is 1.93. The average Bonchev–Trinajstić information content (AvgIpc) is 2.27. The molecular weight excluding hydrogens is 188 g/mol. The van der Waals surface area contributed by atoms with Gasteiger partial charge >= 0.3 is 0 Å². The summed E-state index contributed by atoms with van der Waals surface area (Å²) in [5, 5.41) is 18.7. The van der Waals surface area contributed by atoms with Gasteiger partial charge in [-0.3, -0.25) is 0 Å². The highest BCUT2D eigenvalue weighted by Gasteiger charge is 2.14. The number of nitrogens with zero attached hydrogens (tertiary/aromatic N) is 2. The molecule has 0 aliphatic heterocycles. The molecule has 1 aromatic heterocycles. The third-order valence-corrected chi connectivity index (χ3v) is 2.79. The molecule has 0 radical (unpaired) electrons. The van der Waals surface area contributed by atoms with Crippen molar-refractivity contribution in [1.29, 1.82) is 0 Å². The number of fused-ring (bicyclic) bond motifs is 1. The second kappa shape index (κ2) is 3.95. The van der Waals surface area contributed by atoms with E-state index in [0.717, 1.165) is 16.5 Å². The molecule has 1 aromatic carbocycles. The van der Waals surface area contributed by atoms with E-state index < -0.39 is 0 Å². The molecule has 3 nitrogen and oxygen atoms in total. The second-order valence-electron chi connectivity index (χ2n) is 3.85. The zero-order chi connectivity index (χ0) is 10.8. The summed E-state index contributed by atoms with van der Waals surface area (Å²) in [7, 11) is 0. The number of aliphatic hydroxyl groups is 1. The van der Waals surface area contributed by atoms with E-state index in [-0.39, 0.29) is 12.0 Å². The van der Waals surface area contributed by atoms with Crippen molar-refractivity contribution >= 4 is 10.9 Å². The van der Waals surface area contributed by atoms with Gasteiger partial charge in [-0.2, -0.15) is 10.2 Å². The van der Waals surface area contributed by atoms with Crippen molar-refractivity contribution in [2.24, 2.45) is 0 Å². The Morgan fingerprint density at radius 2 is 1.93 bits per heavy atom. The zero-order valence-electron chi connectivity index (χ0n) is 8.88. The maximum absolute atomic E-state index is 9.59. The molecule has 0 aliphatic rings. The molecule has 0 aliphatic carbocycles. The van der Waals surface area contributed by atoms with Crippen LogP contribution < -0.4 is 0 Å². The molecule has 2 rings (SSSR count). The molecule has 2 aromatic rings. The van der Waals surface area contributed by atoms with Gasteiger partial charge in [-0.05, 0) is 18.6 Å². The van der Waals surface area contributed by atoms with E-state index in [1.165, 1.54) is 0 Å². The second-order valence-corrected chi connectivity index (χ2v) is 3.85. The molecule has 78 valence electrons. The number of hydrogen-bond donors (Lipinski definition) is 1. The minimum atomic E-state index is -0.377. The predicted octanol–water partition coefficient (Wildman–Crippen LogP) is 2.11. The highest BCUT2D eigenvalue weighted by Crippen LogP contribution is 2.25. The minimum Gasteiger partial charge on any atom is -0.393 e. The molecule has 3 heteroatoms. The lowest BCUT2D eigenvalue weighted by Gasteiger charge is -2.15. The Balaban J connectivity index is 2.60. The van der Waals surface area contributed by atoms with Gasteiger partial charge in [0.1, 0.15) is 0 Å². The Morgan fingerprint density at radius 1 is 1.20 bits per heavy atom. The van der Waals surface area contributed by atoms with E-state index in [1.807, 2.05) is 31.2 Å². The quantitative estimate of drug-likeness (QED) is 0.811. The van der Waals surface area contributed by atoms with Crippen LogP contribution in [0.4, 0.5) is 0 Å². The van der Waals surface area contributed by atoms with E-state index in [9.17, 15) is 5.11 Å². The van der Waals surface area contributed by atoms with Gasteiger partial charge < -0.3 is 5.11 Å². The summed E-state index contributed by atoms with van der Waals surface area (Å²) in [6.07, 6.45) is 1.36. The Hall–Kier alpha value is -1.48. The lowest BCUT2D eigenvalue weighted by molar-refractivity contribution is 0.169. The molecule has 0 amide bonds. The first-order valence-corrected chi connectivity index (χ1v) is 5.08. The molecule has 2 atom stereocenters. The van der Waals surface area contributed by atoms with Crippen molar-refractivity contribution < 1.29 is 5.11 Å². The largest absolute Gasteiger partial charge is 0.393 e.